The molecular weight excluding hydrogens is 1310 g/mol. The number of benzene rings is 3. The molecule has 0 bridgehead atoms. The summed E-state index contributed by atoms with van der Waals surface area (Å²) in [5, 5.41) is 54.0. The van der Waals surface area contributed by atoms with Crippen molar-refractivity contribution in [2.75, 3.05) is 101 Å². The maximum absolute atomic E-state index is 9.55. The molecule has 0 radical (unpaired) electrons. The SMILES string of the molecule is CN(C)Cc1c(OCC2CC2)ccc2c(CCC3CCN(Cc4cccc(C#N)n4)CC3)noc12.CN(C)Cc1c(OCC2CC2)ccc2c(CCC3CCN(Cc4cccc(C#N)n4)CC3)noc12.CN(C)Cc1c(OCC2CC2)ccc2c(CCC3CCNCC3)noc12.O=C(O)/C=C/C(=O)O. The first-order chi connectivity index (χ1) is 50.5. The van der Waals surface area contributed by atoms with Crippen molar-refractivity contribution >= 4 is 44.8 Å². The molecule has 554 valence electrons. The number of aryl methyl sites for hydroxylation is 3. The normalized spacial score (nSPS) is 17.0. The monoisotopic (exact) mass is 1420 g/mol. The zero-order valence-electron chi connectivity index (χ0n) is 61.7. The van der Waals surface area contributed by atoms with Crippen LogP contribution in [0.2, 0.25) is 0 Å². The summed E-state index contributed by atoms with van der Waals surface area (Å²) in [5.74, 6) is 4.68. The van der Waals surface area contributed by atoms with E-state index in [1.165, 1.54) is 83.5 Å². The van der Waals surface area contributed by atoms with E-state index in [0.29, 0.717) is 47.2 Å². The molecule has 0 amide bonds. The van der Waals surface area contributed by atoms with Crippen molar-refractivity contribution in [3.05, 3.63) is 141 Å². The second kappa shape index (κ2) is 37.8. The number of aromatic nitrogens is 5. The molecule has 3 saturated carbocycles. The number of carbonyl (C=O) groups is 2. The van der Waals surface area contributed by atoms with Crippen LogP contribution in [-0.4, -0.2) is 173 Å². The second-order valence-electron chi connectivity index (χ2n) is 30.1. The number of ether oxygens (including phenoxy) is 3. The Bertz CT molecular complexity index is 4010. The Kier molecular flexibility index (Phi) is 27.7. The predicted octanol–water partition coefficient (Wildman–Crippen LogP) is 12.9. The van der Waals surface area contributed by atoms with E-state index in [-0.39, 0.29) is 0 Å². The number of aliphatic carboxylic acids is 2. The quantitative estimate of drug-likeness (QED) is 0.0353. The van der Waals surface area contributed by atoms with E-state index in [9.17, 15) is 9.59 Å². The molecule has 3 aromatic carbocycles. The van der Waals surface area contributed by atoms with Gasteiger partial charge in [-0.15, -0.1) is 0 Å². The van der Waals surface area contributed by atoms with Gasteiger partial charge < -0.3 is 58.0 Å². The van der Waals surface area contributed by atoms with E-state index in [1.54, 1.807) is 12.1 Å². The molecule has 3 aliphatic heterocycles. The molecule has 3 N–H and O–H groups in total. The summed E-state index contributed by atoms with van der Waals surface area (Å²) in [6.45, 7) is 13.0. The molecule has 0 unspecified atom stereocenters. The third-order valence-corrected chi connectivity index (χ3v) is 20.5. The number of piperidine rings is 3. The van der Waals surface area contributed by atoms with Crippen LogP contribution >= 0.6 is 0 Å². The van der Waals surface area contributed by atoms with E-state index >= 15 is 0 Å². The van der Waals surface area contributed by atoms with Crippen molar-refractivity contribution in [3.63, 3.8) is 0 Å². The van der Waals surface area contributed by atoms with E-state index in [2.05, 4.69) is 146 Å². The van der Waals surface area contributed by atoms with Gasteiger partial charge in [0.25, 0.3) is 0 Å². The predicted molar refractivity (Wildman–Crippen MR) is 398 cm³/mol. The first kappa shape index (κ1) is 76.3. The number of nitrogens with zero attached hydrogens (tertiary/aromatic N) is 12. The van der Waals surface area contributed by atoms with Crippen molar-refractivity contribution in [1.29, 1.82) is 10.5 Å². The van der Waals surface area contributed by atoms with Crippen molar-refractivity contribution in [1.82, 2.24) is 55.3 Å². The molecule has 23 nitrogen and oxygen atoms in total. The summed E-state index contributed by atoms with van der Waals surface area (Å²) in [5.41, 5.74) is 12.2. The number of hydrogen-bond donors (Lipinski definition) is 3. The summed E-state index contributed by atoms with van der Waals surface area (Å²) < 4.78 is 36.0. The first-order valence-electron chi connectivity index (χ1n) is 37.6. The molecule has 8 heterocycles. The summed E-state index contributed by atoms with van der Waals surface area (Å²) in [7, 11) is 12.5. The molecule has 104 heavy (non-hydrogen) atoms. The van der Waals surface area contributed by atoms with Gasteiger partial charge in [-0.3, -0.25) is 9.80 Å². The van der Waals surface area contributed by atoms with Crippen LogP contribution in [-0.2, 0) is 61.6 Å². The molecule has 6 fully saturated rings. The van der Waals surface area contributed by atoms with Crippen LogP contribution in [0.5, 0.6) is 17.2 Å². The molecular formula is C81H105N13O10. The Balaban J connectivity index is 0.000000150. The highest BCUT2D eigenvalue weighted by molar-refractivity contribution is 5.90. The smallest absolute Gasteiger partial charge is 0.328 e. The Labute approximate surface area is 611 Å². The zero-order valence-corrected chi connectivity index (χ0v) is 61.7. The lowest BCUT2D eigenvalue weighted by atomic mass is 9.91. The minimum atomic E-state index is -1.26. The fraction of sp³-hybridized carbons (Fsp3) is 0.543. The molecule has 5 aromatic heterocycles. The Hall–Kier alpha value is -8.81. The highest BCUT2D eigenvalue weighted by Gasteiger charge is 2.29. The first-order valence-corrected chi connectivity index (χ1v) is 37.6. The van der Waals surface area contributed by atoms with Crippen LogP contribution in [0.1, 0.15) is 153 Å². The number of hydrogen-bond acceptors (Lipinski definition) is 21. The second-order valence-corrected chi connectivity index (χ2v) is 30.1. The van der Waals surface area contributed by atoms with Crippen molar-refractivity contribution in [2.24, 2.45) is 35.5 Å². The Morgan fingerprint density at radius 2 is 0.808 bits per heavy atom. The van der Waals surface area contributed by atoms with Crippen LogP contribution in [0.25, 0.3) is 32.9 Å². The van der Waals surface area contributed by atoms with E-state index in [1.807, 2.05) is 24.3 Å². The summed E-state index contributed by atoms with van der Waals surface area (Å²) in [6, 6.07) is 28.4. The minimum absolute atomic E-state index is 0.493. The third-order valence-electron chi connectivity index (χ3n) is 20.5. The molecule has 0 spiro atoms. The van der Waals surface area contributed by atoms with Gasteiger partial charge in [-0.1, -0.05) is 27.6 Å². The maximum atomic E-state index is 9.55. The fourth-order valence-corrected chi connectivity index (χ4v) is 14.0. The molecule has 23 heteroatoms. The van der Waals surface area contributed by atoms with Gasteiger partial charge in [-0.05, 0) is 293 Å². The lowest BCUT2D eigenvalue weighted by molar-refractivity contribution is -0.134. The number of nitrogens with one attached hydrogen (secondary N) is 1. The number of likely N-dealkylation sites (tertiary alicyclic amines) is 2. The van der Waals surface area contributed by atoms with Gasteiger partial charge >= 0.3 is 11.9 Å². The number of nitriles is 2. The van der Waals surface area contributed by atoms with Gasteiger partial charge in [0.2, 0.25) is 0 Å². The van der Waals surface area contributed by atoms with Gasteiger partial charge in [0.1, 0.15) is 40.8 Å². The molecule has 0 atom stereocenters. The van der Waals surface area contributed by atoms with E-state index in [0.717, 1.165) is 231 Å². The summed E-state index contributed by atoms with van der Waals surface area (Å²) >= 11 is 0. The van der Waals surface area contributed by atoms with Crippen LogP contribution in [0.15, 0.2) is 98.5 Å². The summed E-state index contributed by atoms with van der Waals surface area (Å²) in [6.07, 6.45) is 22.4. The highest BCUT2D eigenvalue weighted by Crippen LogP contribution is 2.39. The van der Waals surface area contributed by atoms with Crippen LogP contribution in [0.3, 0.4) is 0 Å². The highest BCUT2D eigenvalue weighted by atomic mass is 16.5. The molecule has 6 aliphatic rings. The fourth-order valence-electron chi connectivity index (χ4n) is 14.0. The van der Waals surface area contributed by atoms with Gasteiger partial charge in [-0.2, -0.15) is 10.5 Å². The third kappa shape index (κ3) is 23.1. The number of carboxylic acid groups (broad SMARTS) is 2. The average molecular weight is 1420 g/mol. The average Bonchev–Trinajstić information content (AvgIpc) is 1.65. The van der Waals surface area contributed by atoms with Gasteiger partial charge in [-0.25, -0.2) is 19.6 Å². The standard InChI is InChI=1S/2C28H35N5O2.C21H31N3O2.C4H4O4/c2*1-32(2)18-25-27(34-19-21-6-7-21)11-9-24-26(31-35-28(24)25)10-8-20-12-14-33(15-13-20)17-23-5-3-4-22(16-29)30-23;1-24(2)13-18-20(25-14-16-3-4-16)8-6-17-19(23-26-21(17)18)7-5-15-9-11-22-12-10-15;5-3(6)1-2-4(7)8/h2*3-5,9,11,20-21H,6-8,10,12-15,17-19H2,1-2H3;6,8,15-16,22H,3-5,7,9-14H2,1-2H3;1-2H,(H,5,6)(H,7,8)/b;;;2-1+. The molecule has 3 aliphatic carbocycles. The van der Waals surface area contributed by atoms with E-state index < -0.39 is 11.9 Å². The van der Waals surface area contributed by atoms with Crippen LogP contribution in [0, 0.1) is 58.2 Å². The Morgan fingerprint density at radius 3 is 1.11 bits per heavy atom. The topological polar surface area (TPSA) is 282 Å². The lowest BCUT2D eigenvalue weighted by Crippen LogP contribution is -2.33. The lowest BCUT2D eigenvalue weighted by Gasteiger charge is -2.31. The van der Waals surface area contributed by atoms with Crippen molar-refractivity contribution < 1.29 is 47.6 Å². The molecule has 3 saturated heterocycles. The zero-order chi connectivity index (χ0) is 72.9. The number of fused-ring (bicyclic) bond motifs is 3. The Morgan fingerprint density at radius 1 is 0.481 bits per heavy atom. The van der Waals surface area contributed by atoms with Crippen molar-refractivity contribution in [3.8, 4) is 29.4 Å². The number of rotatable bonds is 30. The largest absolute Gasteiger partial charge is 0.493 e. The van der Waals surface area contributed by atoms with Crippen LogP contribution < -0.4 is 19.5 Å². The minimum Gasteiger partial charge on any atom is -0.493 e. The van der Waals surface area contributed by atoms with E-state index in [4.69, 9.17) is 48.5 Å². The van der Waals surface area contributed by atoms with Gasteiger partial charge in [0.15, 0.2) is 16.7 Å². The maximum Gasteiger partial charge on any atom is 0.328 e. The molecule has 14 rings (SSSR count). The van der Waals surface area contributed by atoms with Gasteiger partial charge in [0.05, 0.1) is 65.0 Å². The van der Waals surface area contributed by atoms with Crippen LogP contribution in [0.4, 0.5) is 0 Å². The number of pyridine rings is 2. The van der Waals surface area contributed by atoms with Crippen molar-refractivity contribution in [2.45, 2.75) is 148 Å². The van der Waals surface area contributed by atoms with Gasteiger partial charge in [0, 0.05) is 61.0 Å². The summed E-state index contributed by atoms with van der Waals surface area (Å²) in [4.78, 5) is 39.3. The number of carboxylic acids is 2. The molecule has 8 aromatic rings.